The number of piperidine rings is 1. The lowest BCUT2D eigenvalue weighted by atomic mass is 9.87. The van der Waals surface area contributed by atoms with Gasteiger partial charge in [-0.05, 0) is 113 Å². The van der Waals surface area contributed by atoms with Crippen LogP contribution in [0.3, 0.4) is 0 Å². The van der Waals surface area contributed by atoms with Crippen LogP contribution in [0.5, 0.6) is 11.5 Å². The van der Waals surface area contributed by atoms with E-state index in [4.69, 9.17) is 14.7 Å². The van der Waals surface area contributed by atoms with Crippen LogP contribution >= 0.6 is 0 Å². The van der Waals surface area contributed by atoms with Gasteiger partial charge in [0.15, 0.2) is 0 Å². The Balaban J connectivity index is 0.000000194. The number of aromatic nitrogens is 3. The van der Waals surface area contributed by atoms with Gasteiger partial charge < -0.3 is 25.4 Å². The van der Waals surface area contributed by atoms with Gasteiger partial charge in [0.25, 0.3) is 11.8 Å². The molecule has 6 aromatic rings. The van der Waals surface area contributed by atoms with Gasteiger partial charge in [0, 0.05) is 44.4 Å². The third-order valence-corrected chi connectivity index (χ3v) is 11.8. The van der Waals surface area contributed by atoms with Gasteiger partial charge in [-0.15, -0.1) is 0 Å². The monoisotopic (exact) mass is 882 g/mol. The summed E-state index contributed by atoms with van der Waals surface area (Å²) in [5.74, 6) is 0.0979. The molecule has 8 rings (SSSR count). The van der Waals surface area contributed by atoms with E-state index in [-0.39, 0.29) is 30.5 Å². The quantitative estimate of drug-likeness (QED) is 0.0382. The van der Waals surface area contributed by atoms with Crippen molar-refractivity contribution < 1.29 is 39.1 Å². The van der Waals surface area contributed by atoms with Crippen LogP contribution in [0.15, 0.2) is 103 Å². The van der Waals surface area contributed by atoms with Crippen molar-refractivity contribution in [2.75, 3.05) is 19.6 Å². The molecule has 338 valence electrons. The summed E-state index contributed by atoms with van der Waals surface area (Å²) >= 11 is 0. The molecular formula is C49H54N8O8. The molecule has 0 unspecified atom stereocenters. The molecule has 0 radical (unpaired) electrons. The fraction of sp³-hybridized carbons (Fsp3) is 0.327. The van der Waals surface area contributed by atoms with Crippen molar-refractivity contribution in [2.24, 2.45) is 0 Å². The number of benzene rings is 3. The van der Waals surface area contributed by atoms with Crippen LogP contribution in [0, 0.1) is 13.8 Å². The van der Waals surface area contributed by atoms with Gasteiger partial charge in [-0.25, -0.2) is 15.5 Å². The van der Waals surface area contributed by atoms with Crippen molar-refractivity contribution >= 4 is 45.9 Å². The second-order valence-corrected chi connectivity index (χ2v) is 16.7. The van der Waals surface area contributed by atoms with Gasteiger partial charge in [-0.2, -0.15) is 0 Å². The molecule has 0 bridgehead atoms. The fourth-order valence-corrected chi connectivity index (χ4v) is 8.59. The Bertz CT molecular complexity index is 2610. The minimum Gasteiger partial charge on any atom is -0.489 e. The third-order valence-electron chi connectivity index (χ3n) is 11.8. The maximum atomic E-state index is 12.9. The van der Waals surface area contributed by atoms with Gasteiger partial charge >= 0.3 is 0 Å². The highest BCUT2D eigenvalue weighted by Gasteiger charge is 2.38. The number of ether oxygens (including phenoxy) is 2. The Hall–Kier alpha value is -7.01. The molecule has 2 aliphatic rings. The van der Waals surface area contributed by atoms with Crippen LogP contribution in [0.1, 0.15) is 88.3 Å². The highest BCUT2D eigenvalue weighted by atomic mass is 16.5. The molecule has 16 heteroatoms. The zero-order valence-electron chi connectivity index (χ0n) is 36.5. The van der Waals surface area contributed by atoms with Crippen LogP contribution in [0.2, 0.25) is 0 Å². The van der Waals surface area contributed by atoms with Gasteiger partial charge in [0.05, 0.1) is 35.7 Å². The summed E-state index contributed by atoms with van der Waals surface area (Å²) < 4.78 is 11.9. The number of fused-ring (bicyclic) bond motifs is 2. The number of carbonyl (C=O) groups is 4. The summed E-state index contributed by atoms with van der Waals surface area (Å²) in [4.78, 5) is 61.6. The molecule has 3 aromatic heterocycles. The molecule has 3 aromatic carbocycles. The second kappa shape index (κ2) is 21.1. The number of rotatable bonds is 15. The van der Waals surface area contributed by atoms with Crippen LogP contribution in [0.25, 0.3) is 21.8 Å². The molecule has 1 saturated heterocycles. The molecule has 65 heavy (non-hydrogen) atoms. The minimum absolute atomic E-state index is 0.0374. The number of hydroxylamine groups is 3. The van der Waals surface area contributed by atoms with E-state index in [9.17, 15) is 24.4 Å². The van der Waals surface area contributed by atoms with Gasteiger partial charge in [-0.1, -0.05) is 49.2 Å². The standard InChI is InChI=1S/C25H28N4O4.C24H26N4O4/c1-18-14-20(22-4-2-3-5-23(22)27-18)15-33-21-8-6-19(7-9-21)24(31)28-25(16-29(32)17-30)10-12-26-13-11-25;1-16-12-17(19-6-2-3-7-20(19)26-16)15-32-18-8-9-21(25-14-18)23(30)27-24(10-4-5-11-24)13-22(29)28-31/h2-9,14,17,26,32H,10-13,15-16H2,1H3,(H,28,31);2-3,6-9,12,14,31H,4-5,10-11,13,15H2,1H3,(H,27,30)(H,28,29). The summed E-state index contributed by atoms with van der Waals surface area (Å²) in [6.45, 7) is 6.10. The first-order chi connectivity index (χ1) is 31.5. The second-order valence-electron chi connectivity index (χ2n) is 16.7. The van der Waals surface area contributed by atoms with E-state index in [1.54, 1.807) is 41.9 Å². The molecule has 0 atom stereocenters. The smallest absolute Gasteiger partial charge is 0.270 e. The zero-order valence-corrected chi connectivity index (χ0v) is 36.5. The number of hydrogen-bond donors (Lipinski definition) is 6. The SMILES string of the molecule is Cc1cc(COc2ccc(C(=O)NC3(CC(=O)NO)CCCC3)nc2)c2ccccc2n1.Cc1cc(COc2ccc(C(=O)NC3(CN(O)C=O)CCNCC3)cc2)c2ccccc2n1. The van der Waals surface area contributed by atoms with Crippen LogP contribution in [-0.2, 0) is 22.8 Å². The molecule has 4 amide bonds. The lowest BCUT2D eigenvalue weighted by Crippen LogP contribution is -2.59. The molecule has 1 saturated carbocycles. The summed E-state index contributed by atoms with van der Waals surface area (Å²) in [6.07, 6.45) is 6.36. The van der Waals surface area contributed by atoms with E-state index in [2.05, 4.69) is 30.9 Å². The van der Waals surface area contributed by atoms with Gasteiger partial charge in [0.2, 0.25) is 12.3 Å². The van der Waals surface area contributed by atoms with E-state index >= 15 is 0 Å². The first-order valence-corrected chi connectivity index (χ1v) is 21.7. The number of aryl methyl sites for hydroxylation is 2. The zero-order chi connectivity index (χ0) is 45.8. The molecule has 0 spiro atoms. The molecule has 2 fully saturated rings. The Morgan fingerprint density at radius 2 is 1.29 bits per heavy atom. The predicted molar refractivity (Wildman–Crippen MR) is 242 cm³/mol. The lowest BCUT2D eigenvalue weighted by Gasteiger charge is -2.39. The van der Waals surface area contributed by atoms with E-state index in [1.807, 2.05) is 74.5 Å². The number of pyridine rings is 3. The number of nitrogens with one attached hydrogen (secondary N) is 4. The number of carbonyl (C=O) groups excluding carboxylic acids is 4. The molecule has 1 aliphatic heterocycles. The lowest BCUT2D eigenvalue weighted by molar-refractivity contribution is -0.154. The first-order valence-electron chi connectivity index (χ1n) is 21.7. The van der Waals surface area contributed by atoms with Crippen molar-refractivity contribution in [2.45, 2.75) is 83.1 Å². The number of nitrogens with zero attached hydrogens (tertiary/aromatic N) is 4. The van der Waals surface area contributed by atoms with Gasteiger partial charge in [0.1, 0.15) is 30.4 Å². The number of hydrogen-bond acceptors (Lipinski definition) is 12. The molecule has 6 N–H and O–H groups in total. The van der Waals surface area contributed by atoms with E-state index in [0.717, 1.165) is 57.2 Å². The van der Waals surface area contributed by atoms with Crippen molar-refractivity contribution in [1.29, 1.82) is 0 Å². The van der Waals surface area contributed by atoms with Crippen molar-refractivity contribution in [3.63, 3.8) is 0 Å². The predicted octanol–water partition coefficient (Wildman–Crippen LogP) is 6.28. The molecular weight excluding hydrogens is 829 g/mol. The summed E-state index contributed by atoms with van der Waals surface area (Å²) in [6, 6.07) is 30.2. The van der Waals surface area contributed by atoms with Crippen LogP contribution in [-0.4, -0.2) is 85.3 Å². The first kappa shape index (κ1) is 46.0. The average molecular weight is 883 g/mol. The van der Waals surface area contributed by atoms with E-state index in [1.165, 1.54) is 6.20 Å². The molecule has 4 heterocycles. The number of amides is 4. The third kappa shape index (κ3) is 12.0. The van der Waals surface area contributed by atoms with Crippen molar-refractivity contribution in [3.05, 3.63) is 137 Å². The summed E-state index contributed by atoms with van der Waals surface area (Å²) in [5, 5.41) is 30.5. The van der Waals surface area contributed by atoms with Crippen LogP contribution in [0.4, 0.5) is 0 Å². The minimum atomic E-state index is -0.673. The Kier molecular flexibility index (Phi) is 14.9. The highest BCUT2D eigenvalue weighted by Crippen LogP contribution is 2.33. The Morgan fingerprint density at radius 3 is 1.85 bits per heavy atom. The Morgan fingerprint density at radius 1 is 0.738 bits per heavy atom. The maximum Gasteiger partial charge on any atom is 0.270 e. The summed E-state index contributed by atoms with van der Waals surface area (Å²) in [5.41, 5.74) is 6.86. The van der Waals surface area contributed by atoms with Gasteiger partial charge in [-0.3, -0.25) is 39.6 Å². The largest absolute Gasteiger partial charge is 0.489 e. The number of para-hydroxylation sites is 2. The van der Waals surface area contributed by atoms with Crippen LogP contribution < -0.4 is 30.9 Å². The maximum absolute atomic E-state index is 12.9. The van der Waals surface area contributed by atoms with Crippen molar-refractivity contribution in [3.8, 4) is 11.5 Å². The fourth-order valence-electron chi connectivity index (χ4n) is 8.59. The summed E-state index contributed by atoms with van der Waals surface area (Å²) in [7, 11) is 0. The van der Waals surface area contributed by atoms with E-state index < -0.39 is 17.0 Å². The molecule has 1 aliphatic carbocycles. The topological polar surface area (TPSA) is 217 Å². The Labute approximate surface area is 376 Å². The highest BCUT2D eigenvalue weighted by molar-refractivity contribution is 5.95. The van der Waals surface area contributed by atoms with E-state index in [0.29, 0.717) is 80.5 Å². The normalized spacial score (nSPS) is 15.0. The molecule has 16 nitrogen and oxygen atoms in total. The van der Waals surface area contributed by atoms with Crippen molar-refractivity contribution in [1.82, 2.24) is 41.4 Å². The average Bonchev–Trinajstić information content (AvgIpc) is 3.77.